The van der Waals surface area contributed by atoms with Crippen molar-refractivity contribution < 1.29 is 4.39 Å². The number of benzene rings is 1. The maximum absolute atomic E-state index is 13.2. The Morgan fingerprint density at radius 2 is 2.17 bits per heavy atom. The Balaban J connectivity index is 2.45. The van der Waals surface area contributed by atoms with Crippen LogP contribution in [0.2, 0.25) is 0 Å². The highest BCUT2D eigenvalue weighted by molar-refractivity contribution is 5.34. The van der Waals surface area contributed by atoms with E-state index in [1.54, 1.807) is 12.3 Å². The third-order valence-corrected chi connectivity index (χ3v) is 3.18. The average molecular weight is 247 g/mol. The molecular formula is C14H18FN3. The zero-order chi connectivity index (χ0) is 13.1. The molecule has 1 aromatic heterocycles. The molecule has 0 aliphatic carbocycles. The van der Waals surface area contributed by atoms with Crippen molar-refractivity contribution in [2.45, 2.75) is 26.4 Å². The highest BCUT2D eigenvalue weighted by Gasteiger charge is 2.18. The number of nitrogens with zero attached hydrogens (tertiary/aromatic N) is 2. The Morgan fingerprint density at radius 1 is 1.39 bits per heavy atom. The van der Waals surface area contributed by atoms with Crippen molar-refractivity contribution in [2.24, 2.45) is 0 Å². The Labute approximate surface area is 107 Å². The quantitative estimate of drug-likeness (QED) is 0.900. The van der Waals surface area contributed by atoms with Gasteiger partial charge in [0.05, 0.1) is 11.7 Å². The summed E-state index contributed by atoms with van der Waals surface area (Å²) in [5, 5.41) is 7.55. The van der Waals surface area contributed by atoms with Crippen LogP contribution in [0.1, 0.15) is 29.8 Å². The Kier molecular flexibility index (Phi) is 3.77. The normalized spacial score (nSPS) is 12.7. The summed E-state index contributed by atoms with van der Waals surface area (Å²) in [6.45, 7) is 4.80. The molecule has 0 aliphatic heterocycles. The van der Waals surface area contributed by atoms with Crippen molar-refractivity contribution in [3.05, 3.63) is 53.1 Å². The summed E-state index contributed by atoms with van der Waals surface area (Å²) in [5.74, 6) is -0.199. The molecule has 0 fully saturated rings. The third kappa shape index (κ3) is 2.29. The third-order valence-electron chi connectivity index (χ3n) is 3.18. The van der Waals surface area contributed by atoms with Crippen LogP contribution in [0.5, 0.6) is 0 Å². The van der Waals surface area contributed by atoms with Gasteiger partial charge in [-0.3, -0.25) is 4.68 Å². The molecule has 2 rings (SSSR count). The first-order valence-corrected chi connectivity index (χ1v) is 6.12. The van der Waals surface area contributed by atoms with Crippen molar-refractivity contribution in [3.8, 4) is 0 Å². The summed E-state index contributed by atoms with van der Waals surface area (Å²) in [6.07, 6.45) is 1.79. The summed E-state index contributed by atoms with van der Waals surface area (Å²) in [7, 11) is 1.90. The van der Waals surface area contributed by atoms with Gasteiger partial charge in [-0.2, -0.15) is 5.10 Å². The first-order chi connectivity index (χ1) is 8.67. The molecule has 2 aromatic rings. The van der Waals surface area contributed by atoms with E-state index in [4.69, 9.17) is 0 Å². The molecule has 1 aromatic carbocycles. The largest absolute Gasteiger partial charge is 0.308 e. The summed E-state index contributed by atoms with van der Waals surface area (Å²) < 4.78 is 15.1. The second kappa shape index (κ2) is 5.31. The lowest BCUT2D eigenvalue weighted by molar-refractivity contribution is 0.560. The Bertz CT molecular complexity index is 534. The zero-order valence-electron chi connectivity index (χ0n) is 10.9. The fourth-order valence-corrected chi connectivity index (χ4v) is 2.28. The van der Waals surface area contributed by atoms with E-state index in [9.17, 15) is 4.39 Å². The molecule has 3 nitrogen and oxygen atoms in total. The van der Waals surface area contributed by atoms with Gasteiger partial charge in [0.1, 0.15) is 5.82 Å². The molecule has 0 bridgehead atoms. The first kappa shape index (κ1) is 12.8. The summed E-state index contributed by atoms with van der Waals surface area (Å²) >= 11 is 0. The molecule has 1 N–H and O–H groups in total. The van der Waals surface area contributed by atoms with Gasteiger partial charge in [0, 0.05) is 12.7 Å². The van der Waals surface area contributed by atoms with E-state index >= 15 is 0 Å². The Morgan fingerprint density at radius 3 is 2.78 bits per heavy atom. The van der Waals surface area contributed by atoms with E-state index in [0.29, 0.717) is 0 Å². The molecule has 1 atom stereocenters. The zero-order valence-corrected chi connectivity index (χ0v) is 10.9. The monoisotopic (exact) mass is 247 g/mol. The molecule has 0 saturated carbocycles. The van der Waals surface area contributed by atoms with E-state index in [-0.39, 0.29) is 11.9 Å². The topological polar surface area (TPSA) is 29.9 Å². The van der Waals surface area contributed by atoms with E-state index in [0.717, 1.165) is 23.4 Å². The highest BCUT2D eigenvalue weighted by Crippen LogP contribution is 2.24. The maximum atomic E-state index is 13.2. The van der Waals surface area contributed by atoms with Gasteiger partial charge < -0.3 is 5.32 Å². The van der Waals surface area contributed by atoms with Crippen LogP contribution in [0.25, 0.3) is 0 Å². The highest BCUT2D eigenvalue weighted by atomic mass is 19.1. The summed E-state index contributed by atoms with van der Waals surface area (Å²) in [4.78, 5) is 0. The lowest BCUT2D eigenvalue weighted by atomic mass is 9.98. The predicted octanol–water partition coefficient (Wildman–Crippen LogP) is 2.66. The predicted molar refractivity (Wildman–Crippen MR) is 69.9 cm³/mol. The molecular weight excluding hydrogens is 229 g/mol. The fourth-order valence-electron chi connectivity index (χ4n) is 2.28. The minimum absolute atomic E-state index is 0.0352. The SMILES string of the molecule is CCn1nccc1C(NC)c1ccc(F)cc1C. The van der Waals surface area contributed by atoms with E-state index < -0.39 is 0 Å². The minimum atomic E-state index is -0.199. The average Bonchev–Trinajstić information content (AvgIpc) is 2.81. The first-order valence-electron chi connectivity index (χ1n) is 6.12. The second-order valence-electron chi connectivity index (χ2n) is 4.29. The lowest BCUT2D eigenvalue weighted by Crippen LogP contribution is -2.22. The van der Waals surface area contributed by atoms with Crippen LogP contribution in [-0.2, 0) is 6.54 Å². The van der Waals surface area contributed by atoms with E-state index in [1.807, 2.05) is 30.8 Å². The van der Waals surface area contributed by atoms with Crippen molar-refractivity contribution in [1.82, 2.24) is 15.1 Å². The number of aryl methyl sites for hydroxylation is 2. The number of aromatic nitrogens is 2. The van der Waals surface area contributed by atoms with Gasteiger partial charge in [0.25, 0.3) is 0 Å². The molecule has 0 radical (unpaired) electrons. The molecule has 1 unspecified atom stereocenters. The van der Waals surface area contributed by atoms with Gasteiger partial charge in [0.15, 0.2) is 0 Å². The van der Waals surface area contributed by atoms with Gasteiger partial charge in [0.2, 0.25) is 0 Å². The van der Waals surface area contributed by atoms with Crippen LogP contribution >= 0.6 is 0 Å². The van der Waals surface area contributed by atoms with Crippen LogP contribution < -0.4 is 5.32 Å². The van der Waals surface area contributed by atoms with Gasteiger partial charge in [-0.15, -0.1) is 0 Å². The van der Waals surface area contributed by atoms with Crippen molar-refractivity contribution in [3.63, 3.8) is 0 Å². The van der Waals surface area contributed by atoms with Crippen molar-refractivity contribution >= 4 is 0 Å². The molecule has 1 heterocycles. The number of halogens is 1. The van der Waals surface area contributed by atoms with E-state index in [1.165, 1.54) is 6.07 Å². The number of rotatable bonds is 4. The van der Waals surface area contributed by atoms with Gasteiger partial charge in [-0.25, -0.2) is 4.39 Å². The molecule has 0 aliphatic rings. The molecule has 0 saturated heterocycles. The molecule has 96 valence electrons. The number of hydrogen-bond donors (Lipinski definition) is 1. The van der Waals surface area contributed by atoms with Crippen LogP contribution in [0, 0.1) is 12.7 Å². The molecule has 0 spiro atoms. The fraction of sp³-hybridized carbons (Fsp3) is 0.357. The van der Waals surface area contributed by atoms with E-state index in [2.05, 4.69) is 17.3 Å². The Hall–Kier alpha value is -1.68. The smallest absolute Gasteiger partial charge is 0.123 e. The van der Waals surface area contributed by atoms with Crippen LogP contribution in [0.3, 0.4) is 0 Å². The minimum Gasteiger partial charge on any atom is -0.308 e. The molecule has 0 amide bonds. The van der Waals surface area contributed by atoms with Crippen molar-refractivity contribution in [1.29, 1.82) is 0 Å². The number of nitrogens with one attached hydrogen (secondary N) is 1. The van der Waals surface area contributed by atoms with Crippen LogP contribution in [0.15, 0.2) is 30.5 Å². The van der Waals surface area contributed by atoms with Gasteiger partial charge >= 0.3 is 0 Å². The van der Waals surface area contributed by atoms with Crippen LogP contribution in [0.4, 0.5) is 4.39 Å². The molecule has 4 heteroatoms. The standard InChI is InChI=1S/C14H18FN3/c1-4-18-13(7-8-17-18)14(16-3)12-6-5-11(15)9-10(12)2/h5-9,14,16H,4H2,1-3H3. The summed E-state index contributed by atoms with van der Waals surface area (Å²) in [5.41, 5.74) is 3.11. The second-order valence-corrected chi connectivity index (χ2v) is 4.29. The van der Waals surface area contributed by atoms with Gasteiger partial charge in [-0.05, 0) is 50.2 Å². The maximum Gasteiger partial charge on any atom is 0.123 e. The van der Waals surface area contributed by atoms with Gasteiger partial charge in [-0.1, -0.05) is 6.07 Å². The summed E-state index contributed by atoms with van der Waals surface area (Å²) in [6, 6.07) is 6.92. The van der Waals surface area contributed by atoms with Crippen molar-refractivity contribution in [2.75, 3.05) is 7.05 Å². The van der Waals surface area contributed by atoms with Crippen LogP contribution in [-0.4, -0.2) is 16.8 Å². The lowest BCUT2D eigenvalue weighted by Gasteiger charge is -2.20. The number of hydrogen-bond acceptors (Lipinski definition) is 2. The molecule has 18 heavy (non-hydrogen) atoms.